The molecule has 0 aliphatic carbocycles. The Kier molecular flexibility index (Phi) is 23.9. The van der Waals surface area contributed by atoms with Crippen LogP contribution in [0.4, 0.5) is 0 Å². The van der Waals surface area contributed by atoms with Gasteiger partial charge < -0.3 is 11.3 Å². The largest absolute Gasteiger partial charge is 0.400 e. The maximum absolute atomic E-state index is 7.00. The van der Waals surface area contributed by atoms with E-state index in [2.05, 4.69) is 24.6 Å². The van der Waals surface area contributed by atoms with Crippen LogP contribution >= 0.6 is 0 Å². The Morgan fingerprint density at radius 2 is 1.15 bits per heavy atom. The van der Waals surface area contributed by atoms with Gasteiger partial charge >= 0.3 is 0 Å². The first-order chi connectivity index (χ1) is 5.85. The third-order valence-electron chi connectivity index (χ3n) is 1.16. The summed E-state index contributed by atoms with van der Waals surface area (Å²) in [6.07, 6.45) is 5.65. The molecule has 0 bridgehead atoms. The fourth-order valence-corrected chi connectivity index (χ4v) is 0.771. The summed E-state index contributed by atoms with van der Waals surface area (Å²) in [6.45, 7) is 13.7. The molecule has 0 heterocycles. The van der Waals surface area contributed by atoms with Gasteiger partial charge in [-0.1, -0.05) is 18.2 Å². The van der Waals surface area contributed by atoms with Crippen molar-refractivity contribution in [2.45, 2.75) is 0 Å². The highest BCUT2D eigenvalue weighted by Crippen LogP contribution is 1.88. The number of nitrogens with zero attached hydrogens (tertiary/aromatic N) is 1. The zero-order valence-electron chi connectivity index (χ0n) is 8.58. The van der Waals surface area contributed by atoms with Crippen LogP contribution in [-0.4, -0.2) is 36.8 Å². The average molecular weight is 186 g/mol. The molecule has 0 fully saturated rings. The first-order valence-corrected chi connectivity index (χ1v) is 3.85. The van der Waals surface area contributed by atoms with Crippen molar-refractivity contribution in [2.24, 2.45) is 0 Å². The van der Waals surface area contributed by atoms with E-state index in [0.29, 0.717) is 0 Å². The maximum atomic E-state index is 7.00. The maximum Gasteiger partial charge on any atom is 0.0319 e. The van der Waals surface area contributed by atoms with Crippen molar-refractivity contribution >= 4 is 0 Å². The number of aliphatic hydroxyl groups is 1. The van der Waals surface area contributed by atoms with Crippen LogP contribution in [0.3, 0.4) is 0 Å². The molecule has 0 rings (SSSR count). The van der Waals surface area contributed by atoms with E-state index in [1.54, 1.807) is 0 Å². The molecule has 0 saturated heterocycles. The first-order valence-electron chi connectivity index (χ1n) is 3.85. The second-order valence-electron chi connectivity index (χ2n) is 2.08. The Bertz CT molecular complexity index is 100. The molecule has 0 aromatic carbocycles. The Balaban J connectivity index is -0.000000309. The van der Waals surface area contributed by atoms with Gasteiger partial charge in [-0.05, 0) is 0 Å². The van der Waals surface area contributed by atoms with Gasteiger partial charge in [0.05, 0.1) is 0 Å². The lowest BCUT2D eigenvalue weighted by atomic mass is 10.4. The van der Waals surface area contributed by atoms with E-state index in [4.69, 9.17) is 5.11 Å². The molecule has 0 aliphatic rings. The molecule has 0 radical (unpaired) electrons. The summed E-state index contributed by atoms with van der Waals surface area (Å²) in [5, 5.41) is 7.00. The minimum absolute atomic E-state index is 0. The summed E-state index contributed by atoms with van der Waals surface area (Å²) in [5.41, 5.74) is 0. The Hall–Kier alpha value is -0.900. The summed E-state index contributed by atoms with van der Waals surface area (Å²) in [6, 6.07) is 0. The van der Waals surface area contributed by atoms with Crippen LogP contribution in [0.15, 0.2) is 38.0 Å². The Labute approximate surface area is 81.7 Å². The molecule has 0 aromatic heterocycles. The van der Waals surface area contributed by atoms with Crippen LogP contribution in [0, 0.1) is 0 Å². The molecule has 0 aliphatic heterocycles. The predicted octanol–water partition coefficient (Wildman–Crippen LogP) is 1.62. The second kappa shape index (κ2) is 17.3. The molecule has 0 amide bonds. The average Bonchev–Trinajstić information content (AvgIpc) is 2.10. The quantitative estimate of drug-likeness (QED) is 0.620. The topological polar surface area (TPSA) is 58.5 Å². The molecule has 78 valence electrons. The van der Waals surface area contributed by atoms with Gasteiger partial charge in [-0.25, -0.2) is 0 Å². The molecule has 0 saturated carbocycles. The smallest absolute Gasteiger partial charge is 0.0319 e. The number of hydrogen-bond acceptors (Lipinski definition) is 3. The SMILES string of the molecule is C=CCN(CC=C)CC=C.CO.N. The molecule has 3 heteroatoms. The normalized spacial score (nSPS) is 7.62. The zero-order valence-corrected chi connectivity index (χ0v) is 8.58. The highest BCUT2D eigenvalue weighted by atomic mass is 16.2. The lowest BCUT2D eigenvalue weighted by Crippen LogP contribution is -2.23. The summed E-state index contributed by atoms with van der Waals surface area (Å²) in [4.78, 5) is 2.19. The minimum atomic E-state index is 0. The van der Waals surface area contributed by atoms with Crippen molar-refractivity contribution < 1.29 is 5.11 Å². The van der Waals surface area contributed by atoms with Gasteiger partial charge in [-0.15, -0.1) is 19.7 Å². The predicted molar refractivity (Wildman–Crippen MR) is 60.2 cm³/mol. The molecular weight excluding hydrogens is 164 g/mol. The van der Waals surface area contributed by atoms with Gasteiger partial charge in [0.15, 0.2) is 0 Å². The van der Waals surface area contributed by atoms with E-state index in [-0.39, 0.29) is 6.15 Å². The fourth-order valence-electron chi connectivity index (χ4n) is 0.771. The monoisotopic (exact) mass is 186 g/mol. The van der Waals surface area contributed by atoms with Crippen LogP contribution < -0.4 is 6.15 Å². The summed E-state index contributed by atoms with van der Waals surface area (Å²) < 4.78 is 0. The summed E-state index contributed by atoms with van der Waals surface area (Å²) in [5.74, 6) is 0. The third-order valence-corrected chi connectivity index (χ3v) is 1.16. The number of rotatable bonds is 6. The van der Waals surface area contributed by atoms with E-state index in [0.717, 1.165) is 26.7 Å². The Morgan fingerprint density at radius 1 is 0.923 bits per heavy atom. The van der Waals surface area contributed by atoms with E-state index in [1.807, 2.05) is 18.2 Å². The van der Waals surface area contributed by atoms with Gasteiger partial charge in [0.25, 0.3) is 0 Å². The molecule has 0 atom stereocenters. The van der Waals surface area contributed by atoms with E-state index in [9.17, 15) is 0 Å². The molecule has 0 spiro atoms. The van der Waals surface area contributed by atoms with Gasteiger partial charge in [0, 0.05) is 26.7 Å². The van der Waals surface area contributed by atoms with Gasteiger partial charge in [0.2, 0.25) is 0 Å². The zero-order chi connectivity index (χ0) is 9.82. The van der Waals surface area contributed by atoms with Gasteiger partial charge in [-0.2, -0.15) is 0 Å². The van der Waals surface area contributed by atoms with Crippen molar-refractivity contribution in [3.8, 4) is 0 Å². The number of hydrogen-bond donors (Lipinski definition) is 2. The highest BCUT2D eigenvalue weighted by molar-refractivity contribution is 4.83. The minimum Gasteiger partial charge on any atom is -0.400 e. The lowest BCUT2D eigenvalue weighted by molar-refractivity contribution is 0.373. The van der Waals surface area contributed by atoms with Gasteiger partial charge in [0.1, 0.15) is 0 Å². The molecule has 0 aromatic rings. The van der Waals surface area contributed by atoms with Gasteiger partial charge in [-0.3, -0.25) is 4.90 Å². The standard InChI is InChI=1S/C9H15N.CH4O.H3N/c1-4-7-10(8-5-2)9-6-3;1-2;/h4-6H,1-3,7-9H2;2H,1H3;1H3. The molecule has 0 unspecified atom stereocenters. The lowest BCUT2D eigenvalue weighted by Gasteiger charge is -2.15. The van der Waals surface area contributed by atoms with E-state index < -0.39 is 0 Å². The summed E-state index contributed by atoms with van der Waals surface area (Å²) in [7, 11) is 1.00. The highest BCUT2D eigenvalue weighted by Gasteiger charge is 1.94. The van der Waals surface area contributed by atoms with Crippen LogP contribution in [0.1, 0.15) is 0 Å². The fraction of sp³-hybridized carbons (Fsp3) is 0.400. The molecule has 4 N–H and O–H groups in total. The molecule has 3 nitrogen and oxygen atoms in total. The van der Waals surface area contributed by atoms with Crippen molar-refractivity contribution in [2.75, 3.05) is 26.7 Å². The van der Waals surface area contributed by atoms with E-state index in [1.165, 1.54) is 0 Å². The van der Waals surface area contributed by atoms with E-state index >= 15 is 0 Å². The Morgan fingerprint density at radius 3 is 1.31 bits per heavy atom. The second-order valence-corrected chi connectivity index (χ2v) is 2.08. The summed E-state index contributed by atoms with van der Waals surface area (Å²) >= 11 is 0. The first kappa shape index (κ1) is 18.0. The molecular formula is C10H22N2O. The van der Waals surface area contributed by atoms with Crippen molar-refractivity contribution in [3.05, 3.63) is 38.0 Å². The van der Waals surface area contributed by atoms with Crippen LogP contribution in [-0.2, 0) is 0 Å². The van der Waals surface area contributed by atoms with Crippen LogP contribution in [0.5, 0.6) is 0 Å². The van der Waals surface area contributed by atoms with Crippen molar-refractivity contribution in [3.63, 3.8) is 0 Å². The van der Waals surface area contributed by atoms with Crippen molar-refractivity contribution in [1.82, 2.24) is 11.1 Å². The van der Waals surface area contributed by atoms with Crippen molar-refractivity contribution in [1.29, 1.82) is 0 Å². The molecule has 13 heavy (non-hydrogen) atoms. The van der Waals surface area contributed by atoms with Crippen LogP contribution in [0.2, 0.25) is 0 Å². The van der Waals surface area contributed by atoms with Crippen LogP contribution in [0.25, 0.3) is 0 Å². The third kappa shape index (κ3) is 14.0. The number of aliphatic hydroxyl groups excluding tert-OH is 1.